The Kier molecular flexibility index (Phi) is 4.97. The van der Waals surface area contributed by atoms with Crippen LogP contribution in [0.1, 0.15) is 35.4 Å². The predicted octanol–water partition coefficient (Wildman–Crippen LogP) is 4.15. The van der Waals surface area contributed by atoms with Crippen molar-refractivity contribution in [2.45, 2.75) is 39.3 Å². The van der Waals surface area contributed by atoms with Crippen LogP contribution in [0.5, 0.6) is 0 Å². The molecule has 1 N–H and O–H groups in total. The molecule has 0 aliphatic heterocycles. The number of nitrogens with one attached hydrogen (secondary N) is 1. The van der Waals surface area contributed by atoms with Gasteiger partial charge in [-0.2, -0.15) is 5.10 Å². The van der Waals surface area contributed by atoms with Gasteiger partial charge in [0.05, 0.1) is 12.2 Å². The number of aromatic nitrogens is 2. The van der Waals surface area contributed by atoms with Crippen molar-refractivity contribution in [3.05, 3.63) is 56.8 Å². The van der Waals surface area contributed by atoms with E-state index < -0.39 is 0 Å². The van der Waals surface area contributed by atoms with Gasteiger partial charge in [0.15, 0.2) is 0 Å². The van der Waals surface area contributed by atoms with Crippen LogP contribution in [0, 0.1) is 13.8 Å². The van der Waals surface area contributed by atoms with Crippen molar-refractivity contribution in [2.75, 3.05) is 0 Å². The van der Waals surface area contributed by atoms with Crippen LogP contribution < -0.4 is 5.32 Å². The van der Waals surface area contributed by atoms with E-state index in [4.69, 9.17) is 23.2 Å². The summed E-state index contributed by atoms with van der Waals surface area (Å²) >= 11 is 12.5. The van der Waals surface area contributed by atoms with Crippen molar-refractivity contribution in [2.24, 2.45) is 0 Å². The number of carbonyl (C=O) groups is 1. The minimum atomic E-state index is -0.0572. The molecule has 1 aromatic heterocycles. The summed E-state index contributed by atoms with van der Waals surface area (Å²) in [7, 11) is 0. The maximum absolute atomic E-state index is 11.8. The van der Waals surface area contributed by atoms with Gasteiger partial charge in [0, 0.05) is 39.0 Å². The smallest absolute Gasteiger partial charge is 0.244 e. The van der Waals surface area contributed by atoms with E-state index in [0.717, 1.165) is 35.4 Å². The SMILES string of the molecule is Cc1nn(Cc2c(Cl)cccc2Cl)c(C)c1/C=C/C(=O)NC1CC1. The Labute approximate surface area is 151 Å². The fourth-order valence-corrected chi connectivity index (χ4v) is 3.09. The number of halogens is 2. The van der Waals surface area contributed by atoms with Crippen LogP contribution in [-0.4, -0.2) is 21.7 Å². The second-order valence-corrected chi connectivity index (χ2v) is 6.87. The van der Waals surface area contributed by atoms with Gasteiger partial charge in [-0.15, -0.1) is 0 Å². The van der Waals surface area contributed by atoms with Gasteiger partial charge in [0.25, 0.3) is 0 Å². The number of hydrogen-bond acceptors (Lipinski definition) is 2. The monoisotopic (exact) mass is 363 g/mol. The molecule has 1 heterocycles. The third-order valence-electron chi connectivity index (χ3n) is 4.13. The van der Waals surface area contributed by atoms with Gasteiger partial charge < -0.3 is 5.32 Å². The second kappa shape index (κ2) is 6.99. The molecule has 0 bridgehead atoms. The first-order valence-corrected chi connectivity index (χ1v) is 8.66. The van der Waals surface area contributed by atoms with Crippen LogP contribution in [0.2, 0.25) is 10.0 Å². The van der Waals surface area contributed by atoms with Crippen molar-refractivity contribution >= 4 is 35.2 Å². The fraction of sp³-hybridized carbons (Fsp3) is 0.333. The zero-order valence-corrected chi connectivity index (χ0v) is 15.2. The summed E-state index contributed by atoms with van der Waals surface area (Å²) < 4.78 is 1.86. The lowest BCUT2D eigenvalue weighted by Crippen LogP contribution is -2.22. The van der Waals surface area contributed by atoms with Crippen LogP contribution in [0.25, 0.3) is 6.08 Å². The third-order valence-corrected chi connectivity index (χ3v) is 4.84. The summed E-state index contributed by atoms with van der Waals surface area (Å²) in [5.74, 6) is -0.0572. The first-order chi connectivity index (χ1) is 11.5. The number of hydrogen-bond donors (Lipinski definition) is 1. The fourth-order valence-electron chi connectivity index (χ4n) is 2.58. The predicted molar refractivity (Wildman–Crippen MR) is 97.5 cm³/mol. The molecule has 1 aliphatic rings. The van der Waals surface area contributed by atoms with Gasteiger partial charge in [-0.25, -0.2) is 0 Å². The molecule has 4 nitrogen and oxygen atoms in total. The summed E-state index contributed by atoms with van der Waals surface area (Å²) in [4.78, 5) is 11.8. The minimum Gasteiger partial charge on any atom is -0.350 e. The van der Waals surface area contributed by atoms with Gasteiger partial charge in [-0.1, -0.05) is 29.3 Å². The summed E-state index contributed by atoms with van der Waals surface area (Å²) in [6.07, 6.45) is 5.55. The Balaban J connectivity index is 1.81. The van der Waals surface area contributed by atoms with Gasteiger partial charge >= 0.3 is 0 Å². The van der Waals surface area contributed by atoms with E-state index in [-0.39, 0.29) is 5.91 Å². The van der Waals surface area contributed by atoms with Gasteiger partial charge in [-0.05, 0) is 44.9 Å². The van der Waals surface area contributed by atoms with Gasteiger partial charge in [0.2, 0.25) is 5.91 Å². The van der Waals surface area contributed by atoms with Crippen LogP contribution in [0.4, 0.5) is 0 Å². The molecule has 0 radical (unpaired) electrons. The van der Waals surface area contributed by atoms with Crippen molar-refractivity contribution in [1.82, 2.24) is 15.1 Å². The first-order valence-electron chi connectivity index (χ1n) is 7.91. The van der Waals surface area contributed by atoms with Crippen LogP contribution in [-0.2, 0) is 11.3 Å². The normalized spacial score (nSPS) is 14.3. The zero-order valence-electron chi connectivity index (χ0n) is 13.6. The highest BCUT2D eigenvalue weighted by Gasteiger charge is 2.22. The maximum atomic E-state index is 11.8. The zero-order chi connectivity index (χ0) is 17.3. The van der Waals surface area contributed by atoms with Crippen molar-refractivity contribution in [3.8, 4) is 0 Å². The lowest BCUT2D eigenvalue weighted by Gasteiger charge is -2.09. The summed E-state index contributed by atoms with van der Waals surface area (Å²) in [6, 6.07) is 5.81. The van der Waals surface area contributed by atoms with Crippen molar-refractivity contribution < 1.29 is 4.79 Å². The lowest BCUT2D eigenvalue weighted by atomic mass is 10.1. The molecule has 24 heavy (non-hydrogen) atoms. The standard InChI is InChI=1S/C18H19Cl2N3O/c1-11-14(8-9-18(24)21-13-6-7-13)12(2)23(22-11)10-15-16(19)4-3-5-17(15)20/h3-5,8-9,13H,6-7,10H2,1-2H3,(H,21,24)/b9-8+. The Hall–Kier alpha value is -1.78. The topological polar surface area (TPSA) is 46.9 Å². The first kappa shape index (κ1) is 17.1. The number of benzene rings is 1. The molecular formula is C18H19Cl2N3O. The molecule has 126 valence electrons. The summed E-state index contributed by atoms with van der Waals surface area (Å²) in [5, 5.41) is 8.73. The maximum Gasteiger partial charge on any atom is 0.244 e. The molecule has 0 atom stereocenters. The molecule has 2 aromatic rings. The molecule has 1 saturated carbocycles. The molecule has 3 rings (SSSR count). The van der Waals surface area contributed by atoms with Gasteiger partial charge in [-0.3, -0.25) is 9.48 Å². The molecule has 1 fully saturated rings. The molecule has 0 unspecified atom stereocenters. The van der Waals surface area contributed by atoms with Crippen LogP contribution in [0.15, 0.2) is 24.3 Å². The lowest BCUT2D eigenvalue weighted by molar-refractivity contribution is -0.116. The molecule has 1 aromatic carbocycles. The molecular weight excluding hydrogens is 345 g/mol. The molecule has 0 spiro atoms. The Morgan fingerprint density at radius 3 is 2.62 bits per heavy atom. The van der Waals surface area contributed by atoms with E-state index in [9.17, 15) is 4.79 Å². The average molecular weight is 364 g/mol. The van der Waals surface area contributed by atoms with E-state index in [1.807, 2.05) is 42.8 Å². The Bertz CT molecular complexity index is 787. The number of carbonyl (C=O) groups excluding carboxylic acids is 1. The molecule has 6 heteroatoms. The van der Waals surface area contributed by atoms with Crippen LogP contribution in [0.3, 0.4) is 0 Å². The number of aryl methyl sites for hydroxylation is 1. The highest BCUT2D eigenvalue weighted by atomic mass is 35.5. The van der Waals surface area contributed by atoms with Crippen molar-refractivity contribution in [1.29, 1.82) is 0 Å². The summed E-state index contributed by atoms with van der Waals surface area (Å²) in [6.45, 7) is 4.40. The minimum absolute atomic E-state index is 0.0572. The van der Waals surface area contributed by atoms with E-state index >= 15 is 0 Å². The van der Waals surface area contributed by atoms with Crippen LogP contribution >= 0.6 is 23.2 Å². The molecule has 1 amide bonds. The molecule has 0 saturated heterocycles. The second-order valence-electron chi connectivity index (χ2n) is 6.06. The van der Waals surface area contributed by atoms with Gasteiger partial charge in [0.1, 0.15) is 0 Å². The largest absolute Gasteiger partial charge is 0.350 e. The third kappa shape index (κ3) is 3.82. The highest BCUT2D eigenvalue weighted by molar-refractivity contribution is 6.35. The summed E-state index contributed by atoms with van der Waals surface area (Å²) in [5.41, 5.74) is 3.63. The van der Waals surface area contributed by atoms with E-state index in [2.05, 4.69) is 10.4 Å². The van der Waals surface area contributed by atoms with E-state index in [1.165, 1.54) is 0 Å². The highest BCUT2D eigenvalue weighted by Crippen LogP contribution is 2.26. The number of nitrogens with zero attached hydrogens (tertiary/aromatic N) is 2. The molecule has 1 aliphatic carbocycles. The Morgan fingerprint density at radius 1 is 1.33 bits per heavy atom. The average Bonchev–Trinajstić information content (AvgIpc) is 3.29. The number of rotatable bonds is 5. The Morgan fingerprint density at radius 2 is 2.00 bits per heavy atom. The van der Waals surface area contributed by atoms with E-state index in [0.29, 0.717) is 22.6 Å². The quantitative estimate of drug-likeness (QED) is 0.811. The van der Waals surface area contributed by atoms with Crippen molar-refractivity contribution in [3.63, 3.8) is 0 Å². The van der Waals surface area contributed by atoms with E-state index in [1.54, 1.807) is 6.08 Å². The number of amides is 1.